The van der Waals surface area contributed by atoms with Crippen LogP contribution in [-0.2, 0) is 11.5 Å². The smallest absolute Gasteiger partial charge is 0.0187 e. The van der Waals surface area contributed by atoms with Crippen molar-refractivity contribution in [2.75, 3.05) is 11.5 Å². The molecule has 1 aromatic carbocycles. The Kier molecular flexibility index (Phi) is 3.72. The summed E-state index contributed by atoms with van der Waals surface area (Å²) < 4.78 is 0. The van der Waals surface area contributed by atoms with Crippen LogP contribution in [-0.4, -0.2) is 11.5 Å². The Morgan fingerprint density at radius 1 is 0.824 bits per heavy atom. The highest BCUT2D eigenvalue weighted by Crippen LogP contribution is 2.45. The van der Waals surface area contributed by atoms with E-state index in [4.69, 9.17) is 0 Å². The summed E-state index contributed by atoms with van der Waals surface area (Å²) in [5.74, 6) is 5.21. The lowest BCUT2D eigenvalue weighted by molar-refractivity contribution is 0.402. The van der Waals surface area contributed by atoms with Crippen LogP contribution in [0.25, 0.3) is 0 Å². The summed E-state index contributed by atoms with van der Waals surface area (Å²) in [7, 11) is 0. The molecule has 0 bridgehead atoms. The molecule has 2 heteroatoms. The van der Waals surface area contributed by atoms with Gasteiger partial charge in [-0.1, -0.05) is 37.1 Å². The van der Waals surface area contributed by atoms with E-state index in [1.165, 1.54) is 48.7 Å². The summed E-state index contributed by atoms with van der Waals surface area (Å²) in [6, 6.07) is 9.01. The zero-order chi connectivity index (χ0) is 11.6. The Balaban J connectivity index is 1.76. The summed E-state index contributed by atoms with van der Waals surface area (Å²) in [6.07, 6.45) is 5.88. The molecule has 0 saturated heterocycles. The average molecular weight is 264 g/mol. The number of hydrogen-bond acceptors (Lipinski definition) is 2. The lowest BCUT2D eigenvalue weighted by Gasteiger charge is -2.27. The molecule has 0 N–H and O–H groups in total. The Morgan fingerprint density at radius 3 is 1.88 bits per heavy atom. The fourth-order valence-corrected chi connectivity index (χ4v) is 6.03. The van der Waals surface area contributed by atoms with E-state index in [1.807, 2.05) is 0 Å². The Hall–Kier alpha value is -0.0800. The van der Waals surface area contributed by atoms with Crippen molar-refractivity contribution in [2.45, 2.75) is 37.2 Å². The number of fused-ring (bicyclic) bond motifs is 1. The molecule has 3 rings (SSSR count). The molecule has 92 valence electrons. The molecule has 1 heterocycles. The first kappa shape index (κ1) is 12.0. The van der Waals surface area contributed by atoms with Gasteiger partial charge in [0.2, 0.25) is 0 Å². The average Bonchev–Trinajstić information content (AvgIpc) is 2.82. The maximum absolute atomic E-state index is 2.32. The normalized spacial score (nSPS) is 23.8. The summed E-state index contributed by atoms with van der Waals surface area (Å²) in [4.78, 5) is 0. The number of thioether (sulfide) groups is 2. The summed E-state index contributed by atoms with van der Waals surface area (Å²) in [5, 5.41) is 0. The SMILES string of the molecule is c1ccc2c(c1)CSCC1(CCCC1)CSC2. The molecule has 1 aliphatic heterocycles. The molecule has 0 nitrogen and oxygen atoms in total. The van der Waals surface area contributed by atoms with E-state index < -0.39 is 0 Å². The molecular formula is C15H20S2. The second kappa shape index (κ2) is 5.27. The van der Waals surface area contributed by atoms with Gasteiger partial charge in [0.15, 0.2) is 0 Å². The van der Waals surface area contributed by atoms with Crippen LogP contribution in [0.15, 0.2) is 24.3 Å². The minimum atomic E-state index is 0.678. The minimum Gasteiger partial charge on any atom is -0.157 e. The van der Waals surface area contributed by atoms with Gasteiger partial charge in [0.1, 0.15) is 0 Å². The molecule has 0 atom stereocenters. The van der Waals surface area contributed by atoms with E-state index in [9.17, 15) is 0 Å². The van der Waals surface area contributed by atoms with Crippen LogP contribution in [0, 0.1) is 5.41 Å². The van der Waals surface area contributed by atoms with Crippen LogP contribution in [0.3, 0.4) is 0 Å². The van der Waals surface area contributed by atoms with E-state index in [0.29, 0.717) is 5.41 Å². The third-order valence-corrected chi connectivity index (χ3v) is 6.78. The first-order chi connectivity index (χ1) is 8.38. The Morgan fingerprint density at radius 2 is 1.35 bits per heavy atom. The highest BCUT2D eigenvalue weighted by molar-refractivity contribution is 7.99. The van der Waals surface area contributed by atoms with Crippen molar-refractivity contribution in [3.63, 3.8) is 0 Å². The molecule has 0 amide bonds. The Bertz CT molecular complexity index is 349. The Labute approximate surface area is 113 Å². The molecule has 1 spiro atoms. The molecule has 0 radical (unpaired) electrons. The summed E-state index contributed by atoms with van der Waals surface area (Å²) >= 11 is 4.34. The van der Waals surface area contributed by atoms with Crippen LogP contribution in [0.5, 0.6) is 0 Å². The zero-order valence-electron chi connectivity index (χ0n) is 10.3. The zero-order valence-corrected chi connectivity index (χ0v) is 11.9. The van der Waals surface area contributed by atoms with Crippen molar-refractivity contribution in [3.8, 4) is 0 Å². The topological polar surface area (TPSA) is 0 Å². The molecule has 1 saturated carbocycles. The van der Waals surface area contributed by atoms with Crippen molar-refractivity contribution in [1.82, 2.24) is 0 Å². The van der Waals surface area contributed by atoms with E-state index in [-0.39, 0.29) is 0 Å². The minimum absolute atomic E-state index is 0.678. The fourth-order valence-electron chi connectivity index (χ4n) is 3.05. The highest BCUT2D eigenvalue weighted by Gasteiger charge is 2.34. The summed E-state index contributed by atoms with van der Waals surface area (Å²) in [5.41, 5.74) is 3.82. The van der Waals surface area contributed by atoms with Crippen LogP contribution in [0.4, 0.5) is 0 Å². The van der Waals surface area contributed by atoms with Crippen LogP contribution < -0.4 is 0 Å². The first-order valence-corrected chi connectivity index (χ1v) is 8.91. The van der Waals surface area contributed by atoms with Gasteiger partial charge in [0, 0.05) is 23.0 Å². The van der Waals surface area contributed by atoms with Gasteiger partial charge in [-0.05, 0) is 29.4 Å². The third kappa shape index (κ3) is 2.68. The monoisotopic (exact) mass is 264 g/mol. The predicted octanol–water partition coefficient (Wildman–Crippen LogP) is 4.73. The fraction of sp³-hybridized carbons (Fsp3) is 0.600. The van der Waals surface area contributed by atoms with E-state index in [1.54, 1.807) is 11.1 Å². The van der Waals surface area contributed by atoms with Gasteiger partial charge in [-0.15, -0.1) is 0 Å². The van der Waals surface area contributed by atoms with Gasteiger partial charge in [0.25, 0.3) is 0 Å². The molecule has 2 aliphatic rings. The summed E-state index contributed by atoms with van der Waals surface area (Å²) in [6.45, 7) is 0. The van der Waals surface area contributed by atoms with E-state index >= 15 is 0 Å². The van der Waals surface area contributed by atoms with Crippen LogP contribution in [0.2, 0.25) is 0 Å². The standard InChI is InChI=1S/C15H20S2/c1-2-6-14-10-17-12-15(7-3-4-8-15)11-16-9-13(14)5-1/h1-2,5-6H,3-4,7-12H2. The van der Waals surface area contributed by atoms with E-state index in [2.05, 4.69) is 47.8 Å². The molecule has 1 fully saturated rings. The quantitative estimate of drug-likeness (QED) is 0.664. The van der Waals surface area contributed by atoms with Crippen LogP contribution >= 0.6 is 23.5 Å². The molecule has 1 aromatic rings. The van der Waals surface area contributed by atoms with Gasteiger partial charge >= 0.3 is 0 Å². The lowest BCUT2D eigenvalue weighted by Crippen LogP contribution is -2.22. The molecule has 17 heavy (non-hydrogen) atoms. The molecule has 0 aromatic heterocycles. The van der Waals surface area contributed by atoms with Gasteiger partial charge in [-0.25, -0.2) is 0 Å². The highest BCUT2D eigenvalue weighted by atomic mass is 32.2. The second-order valence-corrected chi connectivity index (χ2v) is 7.43. The van der Waals surface area contributed by atoms with E-state index in [0.717, 1.165) is 0 Å². The first-order valence-electron chi connectivity index (χ1n) is 6.60. The third-order valence-electron chi connectivity index (χ3n) is 4.11. The van der Waals surface area contributed by atoms with Gasteiger partial charge in [-0.2, -0.15) is 23.5 Å². The largest absolute Gasteiger partial charge is 0.157 e. The van der Waals surface area contributed by atoms with Crippen molar-refractivity contribution in [3.05, 3.63) is 35.4 Å². The van der Waals surface area contributed by atoms with Crippen molar-refractivity contribution >= 4 is 23.5 Å². The number of benzene rings is 1. The number of rotatable bonds is 0. The molecule has 1 aliphatic carbocycles. The number of hydrogen-bond donors (Lipinski definition) is 0. The van der Waals surface area contributed by atoms with Crippen molar-refractivity contribution in [2.24, 2.45) is 5.41 Å². The van der Waals surface area contributed by atoms with Crippen LogP contribution in [0.1, 0.15) is 36.8 Å². The predicted molar refractivity (Wildman–Crippen MR) is 79.7 cm³/mol. The van der Waals surface area contributed by atoms with Gasteiger partial charge in [0.05, 0.1) is 0 Å². The van der Waals surface area contributed by atoms with Crippen molar-refractivity contribution in [1.29, 1.82) is 0 Å². The van der Waals surface area contributed by atoms with Gasteiger partial charge in [-0.3, -0.25) is 0 Å². The maximum Gasteiger partial charge on any atom is 0.0187 e. The second-order valence-electron chi connectivity index (χ2n) is 5.46. The van der Waals surface area contributed by atoms with Gasteiger partial charge < -0.3 is 0 Å². The molecular weight excluding hydrogens is 244 g/mol. The van der Waals surface area contributed by atoms with Crippen molar-refractivity contribution < 1.29 is 0 Å². The maximum atomic E-state index is 2.32. The lowest BCUT2D eigenvalue weighted by atomic mass is 9.91. The molecule has 0 unspecified atom stereocenters.